The lowest BCUT2D eigenvalue weighted by molar-refractivity contribution is -0.126. The molecule has 144 valence electrons. The van der Waals surface area contributed by atoms with Gasteiger partial charge in [-0.3, -0.25) is 19.4 Å². The van der Waals surface area contributed by atoms with Crippen molar-refractivity contribution in [2.45, 2.75) is 19.1 Å². The van der Waals surface area contributed by atoms with E-state index in [1.165, 1.54) is 4.90 Å². The van der Waals surface area contributed by atoms with Gasteiger partial charge in [-0.05, 0) is 48.9 Å². The number of imide groups is 1. The van der Waals surface area contributed by atoms with E-state index in [2.05, 4.69) is 4.98 Å². The van der Waals surface area contributed by atoms with Gasteiger partial charge in [-0.2, -0.15) is 0 Å². The number of aromatic nitrogens is 1. The molecule has 0 spiro atoms. The molecule has 6 heteroatoms. The Morgan fingerprint density at radius 3 is 2.21 bits per heavy atom. The predicted molar refractivity (Wildman–Crippen MR) is 108 cm³/mol. The molecule has 6 nitrogen and oxygen atoms in total. The third kappa shape index (κ3) is 2.80. The minimum absolute atomic E-state index is 0.246. The van der Waals surface area contributed by atoms with Crippen molar-refractivity contribution in [2.24, 2.45) is 5.92 Å². The topological polar surface area (TPSA) is 62.7 Å². The maximum absolute atomic E-state index is 13.4. The standard InChI is InChI=1S/C23H19N3O3/c1-15-7-9-17(10-8-15)25-22(27)19-20(16-11-13-24-14-12-16)26(29-21(19)23(25)28)18-5-3-2-4-6-18/h2-14,19-21H,1H3/t19-,20-,21-/m0/s1. The summed E-state index contributed by atoms with van der Waals surface area (Å²) in [7, 11) is 0. The molecular weight excluding hydrogens is 366 g/mol. The molecule has 29 heavy (non-hydrogen) atoms. The zero-order chi connectivity index (χ0) is 20.0. The highest BCUT2D eigenvalue weighted by Gasteiger charge is 2.60. The van der Waals surface area contributed by atoms with Crippen molar-refractivity contribution >= 4 is 23.2 Å². The minimum Gasteiger partial charge on any atom is -0.273 e. The lowest BCUT2D eigenvalue weighted by atomic mass is 9.91. The van der Waals surface area contributed by atoms with E-state index in [0.29, 0.717) is 5.69 Å². The van der Waals surface area contributed by atoms with Crippen LogP contribution in [0.1, 0.15) is 17.2 Å². The fourth-order valence-electron chi connectivity index (χ4n) is 4.06. The lowest BCUT2D eigenvalue weighted by Crippen LogP contribution is -2.37. The Kier molecular flexibility index (Phi) is 4.14. The normalized spacial score (nSPS) is 23.6. The molecule has 0 bridgehead atoms. The highest BCUT2D eigenvalue weighted by molar-refractivity contribution is 6.23. The van der Waals surface area contributed by atoms with Crippen LogP contribution in [0.25, 0.3) is 0 Å². The third-order valence-electron chi connectivity index (χ3n) is 5.47. The summed E-state index contributed by atoms with van der Waals surface area (Å²) in [4.78, 5) is 38.0. The molecule has 0 unspecified atom stereocenters. The summed E-state index contributed by atoms with van der Waals surface area (Å²) in [5.74, 6) is -1.21. The smallest absolute Gasteiger partial charge is 0.266 e. The molecule has 0 saturated carbocycles. The molecule has 2 amide bonds. The zero-order valence-electron chi connectivity index (χ0n) is 15.8. The molecule has 3 heterocycles. The number of aryl methyl sites for hydroxylation is 1. The number of benzene rings is 2. The zero-order valence-corrected chi connectivity index (χ0v) is 15.8. The van der Waals surface area contributed by atoms with E-state index in [1.807, 2.05) is 61.5 Å². The number of hydrogen-bond acceptors (Lipinski definition) is 5. The van der Waals surface area contributed by atoms with E-state index in [4.69, 9.17) is 4.84 Å². The first-order valence-electron chi connectivity index (χ1n) is 9.50. The summed E-state index contributed by atoms with van der Waals surface area (Å²) in [5, 5.41) is 1.69. The Morgan fingerprint density at radius 2 is 1.52 bits per heavy atom. The van der Waals surface area contributed by atoms with Crippen LogP contribution in [0, 0.1) is 12.8 Å². The van der Waals surface area contributed by atoms with Gasteiger partial charge >= 0.3 is 0 Å². The van der Waals surface area contributed by atoms with Gasteiger partial charge in [0.1, 0.15) is 5.92 Å². The molecular formula is C23H19N3O3. The molecule has 1 aromatic heterocycles. The minimum atomic E-state index is -0.859. The quantitative estimate of drug-likeness (QED) is 0.647. The SMILES string of the molecule is Cc1ccc(N2C(=O)[C@@H]3[C@H](ON(c4ccccc4)[C@H]3c3ccncc3)C2=O)cc1. The highest BCUT2D eigenvalue weighted by atomic mass is 16.7. The molecule has 2 aromatic carbocycles. The second kappa shape index (κ2) is 6.83. The van der Waals surface area contributed by atoms with Crippen LogP contribution in [-0.2, 0) is 14.4 Å². The van der Waals surface area contributed by atoms with E-state index >= 15 is 0 Å². The summed E-state index contributed by atoms with van der Waals surface area (Å²) in [6.45, 7) is 1.96. The molecule has 5 rings (SSSR count). The number of amides is 2. The number of fused-ring (bicyclic) bond motifs is 1. The van der Waals surface area contributed by atoms with Crippen LogP contribution in [0.3, 0.4) is 0 Å². The molecule has 0 radical (unpaired) electrons. The Labute approximate surface area is 168 Å². The number of pyridine rings is 1. The second-order valence-electron chi connectivity index (χ2n) is 7.29. The van der Waals surface area contributed by atoms with Gasteiger partial charge in [0.25, 0.3) is 5.91 Å². The molecule has 0 aliphatic carbocycles. The largest absolute Gasteiger partial charge is 0.273 e. The number of hydrogen-bond donors (Lipinski definition) is 0. The van der Waals surface area contributed by atoms with Gasteiger partial charge in [-0.1, -0.05) is 35.9 Å². The molecule has 3 atom stereocenters. The van der Waals surface area contributed by atoms with E-state index in [-0.39, 0.29) is 11.8 Å². The van der Waals surface area contributed by atoms with Crippen LogP contribution >= 0.6 is 0 Å². The number of carbonyl (C=O) groups excluding carboxylic acids is 2. The number of carbonyl (C=O) groups is 2. The number of rotatable bonds is 3. The Morgan fingerprint density at radius 1 is 0.828 bits per heavy atom. The van der Waals surface area contributed by atoms with E-state index in [1.54, 1.807) is 29.6 Å². The van der Waals surface area contributed by atoms with E-state index in [0.717, 1.165) is 16.8 Å². The maximum Gasteiger partial charge on any atom is 0.266 e. The summed E-state index contributed by atoms with van der Waals surface area (Å²) in [6, 6.07) is 20.2. The van der Waals surface area contributed by atoms with Crippen molar-refractivity contribution < 1.29 is 14.4 Å². The van der Waals surface area contributed by atoms with E-state index in [9.17, 15) is 9.59 Å². The van der Waals surface area contributed by atoms with Crippen molar-refractivity contribution in [2.75, 3.05) is 9.96 Å². The van der Waals surface area contributed by atoms with Crippen LogP contribution in [0.2, 0.25) is 0 Å². The lowest BCUT2D eigenvalue weighted by Gasteiger charge is -2.28. The van der Waals surface area contributed by atoms with Crippen LogP contribution in [0.15, 0.2) is 79.1 Å². The van der Waals surface area contributed by atoms with Crippen molar-refractivity contribution in [3.8, 4) is 0 Å². The van der Waals surface area contributed by atoms with Crippen molar-refractivity contribution in [1.29, 1.82) is 0 Å². The maximum atomic E-state index is 13.4. The summed E-state index contributed by atoms with van der Waals surface area (Å²) in [6.07, 6.45) is 2.51. The monoisotopic (exact) mass is 385 g/mol. The first-order valence-corrected chi connectivity index (χ1v) is 9.50. The summed E-state index contributed by atoms with van der Waals surface area (Å²) < 4.78 is 0. The van der Waals surface area contributed by atoms with Gasteiger partial charge in [0.2, 0.25) is 5.91 Å². The van der Waals surface area contributed by atoms with E-state index < -0.39 is 18.1 Å². The first-order chi connectivity index (χ1) is 14.1. The van der Waals surface area contributed by atoms with Gasteiger partial charge < -0.3 is 0 Å². The van der Waals surface area contributed by atoms with Gasteiger partial charge in [-0.15, -0.1) is 0 Å². The second-order valence-corrected chi connectivity index (χ2v) is 7.29. The van der Waals surface area contributed by atoms with Crippen LogP contribution < -0.4 is 9.96 Å². The van der Waals surface area contributed by atoms with Crippen LogP contribution in [0.4, 0.5) is 11.4 Å². The van der Waals surface area contributed by atoms with Crippen molar-refractivity contribution in [3.05, 3.63) is 90.3 Å². The first kappa shape index (κ1) is 17.6. The van der Waals surface area contributed by atoms with Gasteiger partial charge in [-0.25, -0.2) is 9.96 Å². The molecule has 2 aliphatic rings. The summed E-state index contributed by atoms with van der Waals surface area (Å²) >= 11 is 0. The number of nitrogens with zero attached hydrogens (tertiary/aromatic N) is 3. The van der Waals surface area contributed by atoms with Crippen LogP contribution in [0.5, 0.6) is 0 Å². The van der Waals surface area contributed by atoms with Gasteiger partial charge in [0.05, 0.1) is 17.4 Å². The fraction of sp³-hybridized carbons (Fsp3) is 0.174. The Hall–Kier alpha value is -3.51. The fourth-order valence-corrected chi connectivity index (χ4v) is 4.06. The van der Waals surface area contributed by atoms with Gasteiger partial charge in [0, 0.05) is 12.4 Å². The number of hydroxylamine groups is 1. The highest BCUT2D eigenvalue weighted by Crippen LogP contribution is 2.47. The summed E-state index contributed by atoms with van der Waals surface area (Å²) in [5.41, 5.74) is 3.31. The Balaban J connectivity index is 1.58. The Bertz CT molecular complexity index is 1050. The van der Waals surface area contributed by atoms with Crippen molar-refractivity contribution in [3.63, 3.8) is 0 Å². The third-order valence-corrected chi connectivity index (χ3v) is 5.47. The molecule has 3 aromatic rings. The molecule has 0 N–H and O–H groups in total. The van der Waals surface area contributed by atoms with Gasteiger partial charge in [0.15, 0.2) is 6.10 Å². The van der Waals surface area contributed by atoms with Crippen molar-refractivity contribution in [1.82, 2.24) is 4.98 Å². The average molecular weight is 385 g/mol. The molecule has 2 aliphatic heterocycles. The predicted octanol–water partition coefficient (Wildman–Crippen LogP) is 3.44. The average Bonchev–Trinajstić information content (AvgIpc) is 3.27. The molecule has 2 saturated heterocycles. The number of anilines is 2. The van der Waals surface area contributed by atoms with Crippen LogP contribution in [-0.4, -0.2) is 22.9 Å². The number of para-hydroxylation sites is 1. The molecule has 2 fully saturated rings.